The number of aryl methyl sites for hydroxylation is 2. The second-order valence-electron chi connectivity index (χ2n) is 8.13. The van der Waals surface area contributed by atoms with Crippen molar-refractivity contribution < 1.29 is 9.53 Å². The Balaban J connectivity index is 1.53. The highest BCUT2D eigenvalue weighted by Gasteiger charge is 2.33. The molecule has 1 N–H and O–H groups in total. The molecule has 1 atom stereocenters. The van der Waals surface area contributed by atoms with E-state index >= 15 is 0 Å². The van der Waals surface area contributed by atoms with Crippen LogP contribution < -0.4 is 10.1 Å². The molecule has 0 bridgehead atoms. The quantitative estimate of drug-likeness (QED) is 0.465. The van der Waals surface area contributed by atoms with Crippen LogP contribution in [-0.4, -0.2) is 37.5 Å². The zero-order valence-electron chi connectivity index (χ0n) is 18.8. The highest BCUT2D eigenvalue weighted by Crippen LogP contribution is 2.40. The van der Waals surface area contributed by atoms with Crippen molar-refractivity contribution in [3.05, 3.63) is 77.1 Å². The van der Waals surface area contributed by atoms with Crippen LogP contribution in [0, 0.1) is 26.2 Å². The summed E-state index contributed by atoms with van der Waals surface area (Å²) in [6, 6.07) is 15.6. The monoisotopic (exact) mass is 450 g/mol. The van der Waals surface area contributed by atoms with Crippen LogP contribution >= 0.6 is 0 Å². The van der Waals surface area contributed by atoms with Crippen molar-refractivity contribution in [3.63, 3.8) is 0 Å². The maximum Gasteiger partial charge on any atom is 0.272 e. The lowest BCUT2D eigenvalue weighted by molar-refractivity contribution is -0.116. The molecule has 3 heterocycles. The van der Waals surface area contributed by atoms with Crippen LogP contribution in [0.3, 0.4) is 0 Å². The van der Waals surface area contributed by atoms with Gasteiger partial charge in [-0.15, -0.1) is 11.5 Å². The predicted molar refractivity (Wildman–Crippen MR) is 128 cm³/mol. The Kier molecular flexibility index (Phi) is 5.52. The molecule has 0 fully saturated rings. The lowest BCUT2D eigenvalue weighted by atomic mass is 9.86. The summed E-state index contributed by atoms with van der Waals surface area (Å²) in [4.78, 5) is 17.3. The van der Waals surface area contributed by atoms with Gasteiger partial charge in [-0.1, -0.05) is 47.9 Å². The van der Waals surface area contributed by atoms with Crippen LogP contribution in [0.5, 0.6) is 5.75 Å². The number of amides is 1. The molecule has 0 saturated heterocycles. The number of terminal acetylenes is 1. The standard InChI is InChI=1S/C26H22N6O2/c1-4-13-34-20-11-9-18(10-12-20)21-14-23(33)29-25-24(21)17(3)31-32(25)26-28-22(15-27-30-26)19-7-5-16(2)6-8-19/h1,5-12,15,21H,13-14H2,2-3H3,(H,29,33)/t21-/m1/s1. The summed E-state index contributed by atoms with van der Waals surface area (Å²) in [5, 5.41) is 16.0. The molecule has 168 valence electrons. The first-order valence-electron chi connectivity index (χ1n) is 10.9. The van der Waals surface area contributed by atoms with Crippen molar-refractivity contribution in [2.45, 2.75) is 26.2 Å². The maximum absolute atomic E-state index is 12.7. The molecule has 2 aromatic carbocycles. The molecule has 0 unspecified atom stereocenters. The minimum atomic E-state index is -0.160. The van der Waals surface area contributed by atoms with Crippen molar-refractivity contribution in [2.75, 3.05) is 11.9 Å². The SMILES string of the molecule is C#CCOc1ccc([C@H]2CC(=O)Nc3c2c(C)nn3-c2nncc(-c3ccc(C)cc3)n2)cc1. The zero-order valence-corrected chi connectivity index (χ0v) is 18.8. The van der Waals surface area contributed by atoms with E-state index in [1.807, 2.05) is 62.4 Å². The number of anilines is 1. The van der Waals surface area contributed by atoms with Gasteiger partial charge in [0.15, 0.2) is 0 Å². The van der Waals surface area contributed by atoms with Gasteiger partial charge in [0.05, 0.1) is 17.6 Å². The first-order chi connectivity index (χ1) is 16.5. The van der Waals surface area contributed by atoms with E-state index in [0.29, 0.717) is 29.6 Å². The number of hydrogen-bond donors (Lipinski definition) is 1. The predicted octanol–water partition coefficient (Wildman–Crippen LogP) is 3.83. The third-order valence-electron chi connectivity index (χ3n) is 5.79. The van der Waals surface area contributed by atoms with E-state index in [0.717, 1.165) is 27.9 Å². The number of rotatable bonds is 5. The number of aromatic nitrogens is 5. The highest BCUT2D eigenvalue weighted by atomic mass is 16.5. The van der Waals surface area contributed by atoms with E-state index in [1.165, 1.54) is 0 Å². The van der Waals surface area contributed by atoms with Crippen molar-refractivity contribution in [3.8, 4) is 35.3 Å². The van der Waals surface area contributed by atoms with Crippen LogP contribution in [0.25, 0.3) is 17.2 Å². The van der Waals surface area contributed by atoms with E-state index in [2.05, 4.69) is 31.5 Å². The first kappa shape index (κ1) is 21.3. The summed E-state index contributed by atoms with van der Waals surface area (Å²) in [5.74, 6) is 3.73. The van der Waals surface area contributed by atoms with Gasteiger partial charge in [0.1, 0.15) is 18.2 Å². The molecule has 2 aromatic heterocycles. The average molecular weight is 451 g/mol. The second kappa shape index (κ2) is 8.79. The zero-order chi connectivity index (χ0) is 23.7. The Bertz CT molecular complexity index is 1400. The van der Waals surface area contributed by atoms with Crippen molar-refractivity contribution in [2.24, 2.45) is 0 Å². The molecule has 1 aliphatic heterocycles. The summed E-state index contributed by atoms with van der Waals surface area (Å²) < 4.78 is 7.03. The number of hydrogen-bond acceptors (Lipinski definition) is 6. The highest BCUT2D eigenvalue weighted by molar-refractivity contribution is 5.95. The van der Waals surface area contributed by atoms with Gasteiger partial charge in [-0.05, 0) is 31.5 Å². The fourth-order valence-corrected chi connectivity index (χ4v) is 4.15. The molecule has 8 heteroatoms. The molecule has 0 aliphatic carbocycles. The molecule has 8 nitrogen and oxygen atoms in total. The Hall–Kier alpha value is -4.51. The average Bonchev–Trinajstić information content (AvgIpc) is 3.19. The van der Waals surface area contributed by atoms with E-state index < -0.39 is 0 Å². The number of carbonyl (C=O) groups is 1. The summed E-state index contributed by atoms with van der Waals surface area (Å²) >= 11 is 0. The van der Waals surface area contributed by atoms with E-state index in [1.54, 1.807) is 10.9 Å². The van der Waals surface area contributed by atoms with Crippen LogP contribution in [0.4, 0.5) is 5.82 Å². The fourth-order valence-electron chi connectivity index (χ4n) is 4.15. The van der Waals surface area contributed by atoms with Crippen LogP contribution in [0.2, 0.25) is 0 Å². The Morgan fingerprint density at radius 2 is 1.91 bits per heavy atom. The van der Waals surface area contributed by atoms with Crippen molar-refractivity contribution in [1.82, 2.24) is 25.0 Å². The largest absolute Gasteiger partial charge is 0.481 e. The third kappa shape index (κ3) is 3.99. The molecule has 1 aliphatic rings. The van der Waals surface area contributed by atoms with E-state index in [4.69, 9.17) is 11.2 Å². The van der Waals surface area contributed by atoms with Crippen molar-refractivity contribution in [1.29, 1.82) is 0 Å². The molecule has 0 spiro atoms. The second-order valence-corrected chi connectivity index (χ2v) is 8.13. The van der Waals surface area contributed by atoms with Crippen LogP contribution in [0.15, 0.2) is 54.7 Å². The molecule has 0 radical (unpaired) electrons. The fraction of sp³-hybridized carbons (Fsp3) is 0.192. The van der Waals surface area contributed by atoms with E-state index in [9.17, 15) is 4.79 Å². The summed E-state index contributed by atoms with van der Waals surface area (Å²) in [7, 11) is 0. The topological polar surface area (TPSA) is 94.8 Å². The number of carbonyl (C=O) groups excluding carboxylic acids is 1. The molecule has 4 aromatic rings. The molecule has 1 amide bonds. The lowest BCUT2D eigenvalue weighted by Gasteiger charge is -2.24. The number of ether oxygens (including phenoxy) is 1. The maximum atomic E-state index is 12.7. The number of benzene rings is 2. The minimum absolute atomic E-state index is 0.103. The Morgan fingerprint density at radius 1 is 1.15 bits per heavy atom. The number of nitrogens with zero attached hydrogens (tertiary/aromatic N) is 5. The van der Waals surface area contributed by atoms with Gasteiger partial charge < -0.3 is 10.1 Å². The molecule has 0 saturated carbocycles. The molecular formula is C26H22N6O2. The lowest BCUT2D eigenvalue weighted by Crippen LogP contribution is -2.25. The van der Waals surface area contributed by atoms with Crippen molar-refractivity contribution >= 4 is 11.7 Å². The van der Waals surface area contributed by atoms with Gasteiger partial charge >= 0.3 is 0 Å². The van der Waals surface area contributed by atoms with Gasteiger partial charge in [0.25, 0.3) is 5.95 Å². The molecule has 5 rings (SSSR count). The van der Waals surface area contributed by atoms with Gasteiger partial charge in [-0.2, -0.15) is 14.9 Å². The van der Waals surface area contributed by atoms with Gasteiger partial charge in [0.2, 0.25) is 5.91 Å². The van der Waals surface area contributed by atoms with Gasteiger partial charge in [-0.3, -0.25) is 4.79 Å². The normalized spacial score (nSPS) is 14.7. The Labute approximate surface area is 197 Å². The smallest absolute Gasteiger partial charge is 0.272 e. The summed E-state index contributed by atoms with van der Waals surface area (Å²) in [5.41, 5.74) is 5.46. The number of nitrogens with one attached hydrogen (secondary N) is 1. The molecular weight excluding hydrogens is 428 g/mol. The number of fused-ring (bicyclic) bond motifs is 1. The Morgan fingerprint density at radius 3 is 2.65 bits per heavy atom. The van der Waals surface area contributed by atoms with Crippen LogP contribution in [0.1, 0.15) is 34.7 Å². The summed E-state index contributed by atoms with van der Waals surface area (Å²) in [6.07, 6.45) is 7.19. The van der Waals surface area contributed by atoms with E-state index in [-0.39, 0.29) is 18.4 Å². The summed E-state index contributed by atoms with van der Waals surface area (Å²) in [6.45, 7) is 4.15. The van der Waals surface area contributed by atoms with Gasteiger partial charge in [0, 0.05) is 23.5 Å². The molecule has 34 heavy (non-hydrogen) atoms. The first-order valence-corrected chi connectivity index (χ1v) is 10.9. The van der Waals surface area contributed by atoms with Crippen LogP contribution in [-0.2, 0) is 4.79 Å². The third-order valence-corrected chi connectivity index (χ3v) is 5.79. The van der Waals surface area contributed by atoms with Gasteiger partial charge in [-0.25, -0.2) is 4.98 Å². The minimum Gasteiger partial charge on any atom is -0.481 e.